The Kier molecular flexibility index (Phi) is 7.55. The van der Waals surface area contributed by atoms with Gasteiger partial charge in [0, 0.05) is 12.1 Å². The maximum absolute atomic E-state index is 12.9. The van der Waals surface area contributed by atoms with Crippen LogP contribution >= 0.6 is 0 Å². The molecule has 1 aliphatic rings. The number of carbonyl (C=O) groups excluding carboxylic acids is 2. The first-order chi connectivity index (χ1) is 14.5. The van der Waals surface area contributed by atoms with Crippen molar-refractivity contribution in [3.05, 3.63) is 83.4 Å². The zero-order valence-corrected chi connectivity index (χ0v) is 17.5. The minimum absolute atomic E-state index is 0.119. The fraction of sp³-hybridized carbons (Fsp3) is 0.320. The summed E-state index contributed by atoms with van der Waals surface area (Å²) < 4.78 is 0. The maximum atomic E-state index is 12.9. The van der Waals surface area contributed by atoms with E-state index in [1.807, 2.05) is 66.9 Å². The van der Waals surface area contributed by atoms with Gasteiger partial charge in [-0.15, -0.1) is 0 Å². The molecule has 0 saturated carbocycles. The normalized spacial score (nSPS) is 18.8. The van der Waals surface area contributed by atoms with Crippen molar-refractivity contribution in [3.8, 4) is 0 Å². The van der Waals surface area contributed by atoms with Gasteiger partial charge in [-0.2, -0.15) is 5.10 Å². The number of rotatable bonds is 7. The van der Waals surface area contributed by atoms with Crippen LogP contribution in [0.5, 0.6) is 0 Å². The van der Waals surface area contributed by atoms with E-state index in [4.69, 9.17) is 0 Å². The zero-order valence-electron chi connectivity index (χ0n) is 17.5. The monoisotopic (exact) mass is 403 g/mol. The standard InChI is InChI=1S/C25H29N3O2/c1-18-13-14-22(19(2)15-18)16-27-28-23(29)17-26-25(30)24(20-9-5-3-6-10-20)21-11-7-4-8-12-21/h3-13,16,19,22,24H,14-15,17H2,1-2H3,(H,26,30)(H,28,29)/b27-16-/t19-,22-/m0/s1. The molecule has 156 valence electrons. The van der Waals surface area contributed by atoms with Crippen molar-refractivity contribution in [2.75, 3.05) is 6.54 Å². The van der Waals surface area contributed by atoms with E-state index in [0.717, 1.165) is 24.0 Å². The topological polar surface area (TPSA) is 70.6 Å². The maximum Gasteiger partial charge on any atom is 0.259 e. The Hall–Kier alpha value is -3.21. The van der Waals surface area contributed by atoms with Crippen LogP contribution in [0, 0.1) is 11.8 Å². The Bertz CT molecular complexity index is 867. The van der Waals surface area contributed by atoms with Gasteiger partial charge in [0.1, 0.15) is 0 Å². The highest BCUT2D eigenvalue weighted by Crippen LogP contribution is 2.27. The van der Waals surface area contributed by atoms with Gasteiger partial charge in [0.25, 0.3) is 5.91 Å². The van der Waals surface area contributed by atoms with E-state index in [1.165, 1.54) is 5.57 Å². The van der Waals surface area contributed by atoms with Crippen LogP contribution in [0.1, 0.15) is 43.7 Å². The molecule has 30 heavy (non-hydrogen) atoms. The average molecular weight is 404 g/mol. The van der Waals surface area contributed by atoms with Crippen LogP contribution in [0.15, 0.2) is 77.4 Å². The summed E-state index contributed by atoms with van der Waals surface area (Å²) in [7, 11) is 0. The van der Waals surface area contributed by atoms with Gasteiger partial charge in [0.15, 0.2) is 0 Å². The molecule has 2 N–H and O–H groups in total. The highest BCUT2D eigenvalue weighted by atomic mass is 16.2. The van der Waals surface area contributed by atoms with Crippen LogP contribution in [0.2, 0.25) is 0 Å². The van der Waals surface area contributed by atoms with Crippen LogP contribution in [-0.2, 0) is 9.59 Å². The minimum atomic E-state index is -0.471. The van der Waals surface area contributed by atoms with Crippen LogP contribution < -0.4 is 10.7 Å². The number of nitrogens with zero attached hydrogens (tertiary/aromatic N) is 1. The highest BCUT2D eigenvalue weighted by Gasteiger charge is 2.23. The number of allylic oxidation sites excluding steroid dienone is 2. The summed E-state index contributed by atoms with van der Waals surface area (Å²) in [5, 5.41) is 6.85. The van der Waals surface area contributed by atoms with E-state index < -0.39 is 5.92 Å². The Balaban J connectivity index is 1.56. The lowest BCUT2D eigenvalue weighted by atomic mass is 9.82. The third-order valence-electron chi connectivity index (χ3n) is 5.52. The molecule has 0 bridgehead atoms. The Morgan fingerprint density at radius 2 is 1.67 bits per heavy atom. The van der Waals surface area contributed by atoms with Crippen LogP contribution in [0.4, 0.5) is 0 Å². The van der Waals surface area contributed by atoms with Crippen LogP contribution in [-0.4, -0.2) is 24.6 Å². The number of hydrogen-bond acceptors (Lipinski definition) is 3. The fourth-order valence-corrected chi connectivity index (χ4v) is 3.82. The van der Waals surface area contributed by atoms with E-state index in [-0.39, 0.29) is 18.4 Å². The number of benzene rings is 2. The van der Waals surface area contributed by atoms with Gasteiger partial charge in [0.2, 0.25) is 5.91 Å². The number of amides is 2. The molecule has 2 aromatic carbocycles. The Morgan fingerprint density at radius 1 is 1.07 bits per heavy atom. The number of hydrazone groups is 1. The molecule has 2 aromatic rings. The van der Waals surface area contributed by atoms with Gasteiger partial charge in [0.05, 0.1) is 12.5 Å². The van der Waals surface area contributed by atoms with Crippen molar-refractivity contribution in [1.29, 1.82) is 0 Å². The second-order valence-corrected chi connectivity index (χ2v) is 7.92. The third kappa shape index (κ3) is 5.89. The summed E-state index contributed by atoms with van der Waals surface area (Å²) in [6.45, 7) is 4.22. The predicted molar refractivity (Wildman–Crippen MR) is 120 cm³/mol. The lowest BCUT2D eigenvalue weighted by molar-refractivity contribution is -0.126. The largest absolute Gasteiger partial charge is 0.346 e. The van der Waals surface area contributed by atoms with Gasteiger partial charge >= 0.3 is 0 Å². The van der Waals surface area contributed by atoms with E-state index >= 15 is 0 Å². The van der Waals surface area contributed by atoms with E-state index in [0.29, 0.717) is 11.8 Å². The van der Waals surface area contributed by atoms with E-state index in [9.17, 15) is 9.59 Å². The Labute approximate surface area is 178 Å². The molecule has 2 atom stereocenters. The summed E-state index contributed by atoms with van der Waals surface area (Å²) in [6.07, 6.45) is 6.04. The first kappa shape index (κ1) is 21.5. The van der Waals surface area contributed by atoms with E-state index in [2.05, 4.69) is 35.8 Å². The molecule has 0 heterocycles. The quantitative estimate of drug-likeness (QED) is 0.416. The molecule has 0 fully saturated rings. The number of nitrogens with one attached hydrogen (secondary N) is 2. The van der Waals surface area contributed by atoms with Crippen molar-refractivity contribution in [3.63, 3.8) is 0 Å². The molecule has 5 heteroatoms. The minimum Gasteiger partial charge on any atom is -0.346 e. The summed E-state index contributed by atoms with van der Waals surface area (Å²) in [6, 6.07) is 19.1. The lowest BCUT2D eigenvalue weighted by Gasteiger charge is -2.24. The first-order valence-corrected chi connectivity index (χ1v) is 10.4. The molecule has 1 aliphatic carbocycles. The predicted octanol–water partition coefficient (Wildman–Crippen LogP) is 4.03. The van der Waals surface area contributed by atoms with Gasteiger partial charge in [-0.1, -0.05) is 79.2 Å². The average Bonchev–Trinajstić information content (AvgIpc) is 2.75. The van der Waals surface area contributed by atoms with Gasteiger partial charge < -0.3 is 5.32 Å². The van der Waals surface area contributed by atoms with Crippen LogP contribution in [0.25, 0.3) is 0 Å². The molecular formula is C25H29N3O2. The lowest BCUT2D eigenvalue weighted by Crippen LogP contribution is -2.38. The fourth-order valence-electron chi connectivity index (χ4n) is 3.82. The molecule has 5 nitrogen and oxygen atoms in total. The third-order valence-corrected chi connectivity index (χ3v) is 5.52. The van der Waals surface area contributed by atoms with Crippen molar-refractivity contribution >= 4 is 18.0 Å². The number of hydrogen-bond donors (Lipinski definition) is 2. The van der Waals surface area contributed by atoms with Crippen molar-refractivity contribution in [2.24, 2.45) is 16.9 Å². The molecular weight excluding hydrogens is 374 g/mol. The first-order valence-electron chi connectivity index (χ1n) is 10.4. The van der Waals surface area contributed by atoms with Crippen LogP contribution in [0.3, 0.4) is 0 Å². The second-order valence-electron chi connectivity index (χ2n) is 7.92. The van der Waals surface area contributed by atoms with Crippen molar-refractivity contribution < 1.29 is 9.59 Å². The molecule has 2 amide bonds. The van der Waals surface area contributed by atoms with Crippen molar-refractivity contribution in [2.45, 2.75) is 32.6 Å². The smallest absolute Gasteiger partial charge is 0.259 e. The Morgan fingerprint density at radius 3 is 2.23 bits per heavy atom. The molecule has 0 saturated heterocycles. The highest BCUT2D eigenvalue weighted by molar-refractivity contribution is 5.90. The van der Waals surface area contributed by atoms with Gasteiger partial charge in [-0.25, -0.2) is 5.43 Å². The summed E-state index contributed by atoms with van der Waals surface area (Å²) >= 11 is 0. The zero-order chi connectivity index (χ0) is 21.3. The molecule has 0 spiro atoms. The summed E-state index contributed by atoms with van der Waals surface area (Å²) in [5.41, 5.74) is 5.71. The van der Waals surface area contributed by atoms with E-state index in [1.54, 1.807) is 0 Å². The summed E-state index contributed by atoms with van der Waals surface area (Å²) in [5.74, 6) is -0.193. The number of carbonyl (C=O) groups is 2. The molecule has 3 rings (SSSR count). The SMILES string of the molecule is CC1=CC[C@@H](/C=N\NC(=O)CNC(=O)C(c2ccccc2)c2ccccc2)[C@@H](C)C1. The molecule has 0 unspecified atom stereocenters. The summed E-state index contributed by atoms with van der Waals surface area (Å²) in [4.78, 5) is 25.1. The van der Waals surface area contributed by atoms with Crippen molar-refractivity contribution in [1.82, 2.24) is 10.7 Å². The van der Waals surface area contributed by atoms with Gasteiger partial charge in [-0.05, 0) is 36.8 Å². The van der Waals surface area contributed by atoms with Gasteiger partial charge in [-0.3, -0.25) is 9.59 Å². The molecule has 0 aromatic heterocycles. The molecule has 0 aliphatic heterocycles. The second kappa shape index (κ2) is 10.5. The molecule has 0 radical (unpaired) electrons.